The van der Waals surface area contributed by atoms with Crippen LogP contribution < -0.4 is 0 Å². The van der Waals surface area contributed by atoms with Gasteiger partial charge in [0, 0.05) is 0 Å². The summed E-state index contributed by atoms with van der Waals surface area (Å²) in [6, 6.07) is 9.53. The summed E-state index contributed by atoms with van der Waals surface area (Å²) in [7, 11) is 0. The third-order valence-corrected chi connectivity index (χ3v) is 5.21. The van der Waals surface area contributed by atoms with Crippen molar-refractivity contribution in [3.63, 3.8) is 0 Å². The molecule has 23 heavy (non-hydrogen) atoms. The summed E-state index contributed by atoms with van der Waals surface area (Å²) in [5.74, 6) is 0.562. The Morgan fingerprint density at radius 2 is 1.22 bits per heavy atom. The van der Waals surface area contributed by atoms with Gasteiger partial charge in [-0.15, -0.1) is 0 Å². The number of benzene rings is 2. The van der Waals surface area contributed by atoms with Crippen LogP contribution in [0.15, 0.2) is 24.3 Å². The van der Waals surface area contributed by atoms with Gasteiger partial charge in [0.15, 0.2) is 0 Å². The van der Waals surface area contributed by atoms with Crippen LogP contribution in [0.5, 0.6) is 0 Å². The van der Waals surface area contributed by atoms with Crippen molar-refractivity contribution in [1.29, 1.82) is 0 Å². The molecule has 0 fully saturated rings. The van der Waals surface area contributed by atoms with E-state index in [0.29, 0.717) is 5.92 Å². The van der Waals surface area contributed by atoms with Crippen LogP contribution in [0.2, 0.25) is 0 Å². The topological polar surface area (TPSA) is 0 Å². The second kappa shape index (κ2) is 7.34. The minimum absolute atomic E-state index is 0.562. The largest absolute Gasteiger partial charge is 0.0651 e. The molecule has 0 amide bonds. The molecule has 0 heterocycles. The first-order valence-electron chi connectivity index (χ1n) is 9.00. The van der Waals surface area contributed by atoms with Crippen molar-refractivity contribution in [2.75, 3.05) is 0 Å². The summed E-state index contributed by atoms with van der Waals surface area (Å²) < 4.78 is 0. The fourth-order valence-electron chi connectivity index (χ4n) is 3.97. The van der Waals surface area contributed by atoms with Crippen molar-refractivity contribution in [3.05, 3.63) is 68.8 Å². The number of hydrogen-bond acceptors (Lipinski definition) is 0. The van der Waals surface area contributed by atoms with E-state index >= 15 is 0 Å². The quantitative estimate of drug-likeness (QED) is 0.589. The van der Waals surface area contributed by atoms with Gasteiger partial charge in [0.25, 0.3) is 0 Å². The molecule has 2 aromatic rings. The first-order valence-corrected chi connectivity index (χ1v) is 9.00. The number of aryl methyl sites for hydroxylation is 5. The fraction of sp³-hybridized carbons (Fsp3) is 0.478. The molecule has 0 spiro atoms. The summed E-state index contributed by atoms with van der Waals surface area (Å²) in [6.45, 7) is 15.9. The summed E-state index contributed by atoms with van der Waals surface area (Å²) in [5, 5.41) is 0. The van der Waals surface area contributed by atoms with Gasteiger partial charge in [-0.2, -0.15) is 0 Å². The Morgan fingerprint density at radius 3 is 1.70 bits per heavy atom. The van der Waals surface area contributed by atoms with E-state index in [4.69, 9.17) is 0 Å². The summed E-state index contributed by atoms with van der Waals surface area (Å²) >= 11 is 0. The SMILES string of the molecule is CCCc1cc(C)c(C(C)Cc2cc(C)c(C)c(C)c2)c(C)c1. The molecule has 124 valence electrons. The maximum absolute atomic E-state index is 2.40. The number of hydrogen-bond donors (Lipinski definition) is 0. The van der Waals surface area contributed by atoms with E-state index in [1.807, 2.05) is 0 Å². The van der Waals surface area contributed by atoms with Crippen molar-refractivity contribution >= 4 is 0 Å². The van der Waals surface area contributed by atoms with Gasteiger partial charge in [-0.05, 0) is 97.9 Å². The highest BCUT2D eigenvalue weighted by atomic mass is 14.2. The van der Waals surface area contributed by atoms with Gasteiger partial charge in [0.2, 0.25) is 0 Å². The van der Waals surface area contributed by atoms with Crippen LogP contribution in [-0.4, -0.2) is 0 Å². The van der Waals surface area contributed by atoms with Gasteiger partial charge in [-0.3, -0.25) is 0 Å². The number of rotatable bonds is 5. The lowest BCUT2D eigenvalue weighted by Crippen LogP contribution is -2.05. The highest BCUT2D eigenvalue weighted by Crippen LogP contribution is 2.29. The fourth-order valence-corrected chi connectivity index (χ4v) is 3.97. The Balaban J connectivity index is 2.29. The molecule has 1 unspecified atom stereocenters. The van der Waals surface area contributed by atoms with Crippen LogP contribution in [0.1, 0.15) is 70.7 Å². The molecular weight excluding hydrogens is 276 g/mol. The van der Waals surface area contributed by atoms with Crippen molar-refractivity contribution in [1.82, 2.24) is 0 Å². The third-order valence-electron chi connectivity index (χ3n) is 5.21. The first-order chi connectivity index (χ1) is 10.8. The van der Waals surface area contributed by atoms with E-state index in [1.165, 1.54) is 51.8 Å². The van der Waals surface area contributed by atoms with Gasteiger partial charge in [0.05, 0.1) is 0 Å². The Bertz CT molecular complexity index is 645. The van der Waals surface area contributed by atoms with Crippen LogP contribution in [0.3, 0.4) is 0 Å². The lowest BCUT2D eigenvalue weighted by atomic mass is 9.85. The van der Waals surface area contributed by atoms with Gasteiger partial charge in [-0.1, -0.05) is 44.5 Å². The molecule has 0 aliphatic rings. The molecule has 0 aromatic heterocycles. The zero-order valence-corrected chi connectivity index (χ0v) is 16.0. The van der Waals surface area contributed by atoms with Gasteiger partial charge < -0.3 is 0 Å². The summed E-state index contributed by atoms with van der Waals surface area (Å²) in [5.41, 5.74) is 11.7. The van der Waals surface area contributed by atoms with Crippen molar-refractivity contribution in [2.45, 2.75) is 73.6 Å². The molecule has 0 heteroatoms. The molecule has 0 aliphatic heterocycles. The molecule has 2 rings (SSSR count). The molecule has 1 atom stereocenters. The average molecular weight is 309 g/mol. The Morgan fingerprint density at radius 1 is 0.739 bits per heavy atom. The molecule has 0 N–H and O–H groups in total. The predicted molar refractivity (Wildman–Crippen MR) is 103 cm³/mol. The lowest BCUT2D eigenvalue weighted by molar-refractivity contribution is 0.743. The molecule has 0 bridgehead atoms. The van der Waals surface area contributed by atoms with E-state index in [-0.39, 0.29) is 0 Å². The second-order valence-electron chi connectivity index (χ2n) is 7.35. The van der Waals surface area contributed by atoms with Crippen LogP contribution in [-0.2, 0) is 12.8 Å². The van der Waals surface area contributed by atoms with E-state index in [9.17, 15) is 0 Å². The molecule has 0 saturated heterocycles. The van der Waals surface area contributed by atoms with E-state index in [2.05, 4.69) is 72.7 Å². The first kappa shape index (κ1) is 17.8. The van der Waals surface area contributed by atoms with Crippen molar-refractivity contribution in [2.24, 2.45) is 0 Å². The lowest BCUT2D eigenvalue weighted by Gasteiger charge is -2.20. The van der Waals surface area contributed by atoms with E-state index in [1.54, 1.807) is 5.56 Å². The minimum atomic E-state index is 0.562. The predicted octanol–water partition coefficient (Wildman–Crippen LogP) is 6.53. The highest BCUT2D eigenvalue weighted by molar-refractivity contribution is 5.42. The Labute approximate surface area is 143 Å². The average Bonchev–Trinajstić information content (AvgIpc) is 2.44. The van der Waals surface area contributed by atoms with E-state index in [0.717, 1.165) is 6.42 Å². The zero-order chi connectivity index (χ0) is 17.1. The standard InChI is InChI=1S/C23H32/c1-8-9-21-12-17(4)23(18(5)13-21)19(6)14-22-10-15(2)20(7)16(3)11-22/h10-13,19H,8-9,14H2,1-7H3. The summed E-state index contributed by atoms with van der Waals surface area (Å²) in [4.78, 5) is 0. The van der Waals surface area contributed by atoms with Crippen molar-refractivity contribution < 1.29 is 0 Å². The third kappa shape index (κ3) is 4.05. The smallest absolute Gasteiger partial charge is 0.0145 e. The van der Waals surface area contributed by atoms with E-state index < -0.39 is 0 Å². The monoisotopic (exact) mass is 308 g/mol. The molecule has 2 aromatic carbocycles. The second-order valence-corrected chi connectivity index (χ2v) is 7.35. The van der Waals surface area contributed by atoms with Crippen molar-refractivity contribution in [3.8, 4) is 0 Å². The van der Waals surface area contributed by atoms with Crippen LogP contribution in [0.4, 0.5) is 0 Å². The molecule has 0 radical (unpaired) electrons. The van der Waals surface area contributed by atoms with Crippen LogP contribution in [0, 0.1) is 34.6 Å². The summed E-state index contributed by atoms with van der Waals surface area (Å²) in [6.07, 6.45) is 3.53. The molecule has 0 nitrogen and oxygen atoms in total. The van der Waals surface area contributed by atoms with Crippen LogP contribution in [0.25, 0.3) is 0 Å². The normalized spacial score (nSPS) is 12.5. The van der Waals surface area contributed by atoms with Gasteiger partial charge >= 0.3 is 0 Å². The minimum Gasteiger partial charge on any atom is -0.0651 e. The molecule has 0 aliphatic carbocycles. The molecular formula is C23H32. The Hall–Kier alpha value is -1.56. The Kier molecular flexibility index (Phi) is 5.68. The zero-order valence-electron chi connectivity index (χ0n) is 16.0. The van der Waals surface area contributed by atoms with Crippen LogP contribution >= 0.6 is 0 Å². The molecule has 0 saturated carbocycles. The maximum Gasteiger partial charge on any atom is -0.0145 e. The highest BCUT2D eigenvalue weighted by Gasteiger charge is 2.14. The van der Waals surface area contributed by atoms with Gasteiger partial charge in [0.1, 0.15) is 0 Å². The van der Waals surface area contributed by atoms with Gasteiger partial charge in [-0.25, -0.2) is 0 Å². The maximum atomic E-state index is 2.40.